The van der Waals surface area contributed by atoms with Crippen molar-refractivity contribution in [2.45, 2.75) is 12.6 Å². The first-order valence-corrected chi connectivity index (χ1v) is 7.68. The SMILES string of the molecule is COCCc1nc(Nc2cccc(C(F)(F)F)c2)sc1C(=O)OC. The number of aromatic nitrogens is 1. The van der Waals surface area contributed by atoms with Crippen LogP contribution in [0.1, 0.15) is 20.9 Å². The van der Waals surface area contributed by atoms with Gasteiger partial charge >= 0.3 is 12.1 Å². The van der Waals surface area contributed by atoms with Crippen molar-refractivity contribution >= 4 is 28.1 Å². The van der Waals surface area contributed by atoms with Crippen LogP contribution in [0.5, 0.6) is 0 Å². The van der Waals surface area contributed by atoms with Crippen molar-refractivity contribution in [1.29, 1.82) is 0 Å². The number of rotatable bonds is 6. The molecule has 0 aliphatic heterocycles. The monoisotopic (exact) mass is 360 g/mol. The van der Waals surface area contributed by atoms with Crippen LogP contribution in [-0.2, 0) is 22.1 Å². The quantitative estimate of drug-likeness (QED) is 0.792. The molecular weight excluding hydrogens is 345 g/mol. The molecule has 0 amide bonds. The van der Waals surface area contributed by atoms with Gasteiger partial charge in [-0.05, 0) is 18.2 Å². The largest absolute Gasteiger partial charge is 0.465 e. The average molecular weight is 360 g/mol. The van der Waals surface area contributed by atoms with Gasteiger partial charge in [0.15, 0.2) is 5.13 Å². The minimum Gasteiger partial charge on any atom is -0.465 e. The number of hydrogen-bond donors (Lipinski definition) is 1. The lowest BCUT2D eigenvalue weighted by Crippen LogP contribution is -2.05. The number of thiazole rings is 1. The molecule has 0 aliphatic carbocycles. The van der Waals surface area contributed by atoms with Crippen molar-refractivity contribution in [3.8, 4) is 0 Å². The topological polar surface area (TPSA) is 60.5 Å². The summed E-state index contributed by atoms with van der Waals surface area (Å²) in [5.41, 5.74) is -0.0617. The fourth-order valence-corrected chi connectivity index (χ4v) is 2.87. The first-order valence-electron chi connectivity index (χ1n) is 6.86. The third kappa shape index (κ3) is 4.45. The summed E-state index contributed by atoms with van der Waals surface area (Å²) in [6.07, 6.45) is -4.04. The molecule has 24 heavy (non-hydrogen) atoms. The number of ether oxygens (including phenoxy) is 2. The number of carbonyl (C=O) groups is 1. The van der Waals surface area contributed by atoms with E-state index >= 15 is 0 Å². The summed E-state index contributed by atoms with van der Waals surface area (Å²) in [6, 6.07) is 4.75. The smallest absolute Gasteiger partial charge is 0.416 e. The van der Waals surface area contributed by atoms with Crippen LogP contribution in [0.2, 0.25) is 0 Å². The molecular formula is C15H15F3N2O3S. The van der Waals surface area contributed by atoms with E-state index in [4.69, 9.17) is 9.47 Å². The number of benzene rings is 1. The van der Waals surface area contributed by atoms with Crippen molar-refractivity contribution < 1.29 is 27.4 Å². The van der Waals surface area contributed by atoms with Gasteiger partial charge in [0, 0.05) is 19.2 Å². The lowest BCUT2D eigenvalue weighted by atomic mass is 10.2. The fourth-order valence-electron chi connectivity index (χ4n) is 1.92. The lowest BCUT2D eigenvalue weighted by molar-refractivity contribution is -0.137. The molecule has 0 fully saturated rings. The Morgan fingerprint density at radius 3 is 2.71 bits per heavy atom. The lowest BCUT2D eigenvalue weighted by Gasteiger charge is -2.08. The van der Waals surface area contributed by atoms with Crippen LogP contribution >= 0.6 is 11.3 Å². The molecule has 1 heterocycles. The highest BCUT2D eigenvalue weighted by molar-refractivity contribution is 7.17. The molecule has 0 saturated heterocycles. The number of anilines is 2. The molecule has 9 heteroatoms. The van der Waals surface area contributed by atoms with E-state index in [1.54, 1.807) is 0 Å². The Labute approximate surface area is 140 Å². The highest BCUT2D eigenvalue weighted by Gasteiger charge is 2.30. The van der Waals surface area contributed by atoms with Gasteiger partial charge < -0.3 is 14.8 Å². The molecule has 0 radical (unpaired) electrons. The van der Waals surface area contributed by atoms with E-state index in [-0.39, 0.29) is 5.69 Å². The van der Waals surface area contributed by atoms with Crippen molar-refractivity contribution in [3.63, 3.8) is 0 Å². The van der Waals surface area contributed by atoms with Gasteiger partial charge in [-0.15, -0.1) is 0 Å². The van der Waals surface area contributed by atoms with E-state index in [2.05, 4.69) is 10.3 Å². The molecule has 1 aromatic heterocycles. The molecule has 5 nitrogen and oxygen atoms in total. The second-order valence-electron chi connectivity index (χ2n) is 4.73. The summed E-state index contributed by atoms with van der Waals surface area (Å²) in [6.45, 7) is 0.358. The Bertz CT molecular complexity index is 716. The van der Waals surface area contributed by atoms with Crippen LogP contribution in [0.25, 0.3) is 0 Å². The second-order valence-corrected chi connectivity index (χ2v) is 5.73. The first-order chi connectivity index (χ1) is 11.3. The number of methoxy groups -OCH3 is 2. The summed E-state index contributed by atoms with van der Waals surface area (Å²) >= 11 is 1.02. The molecule has 0 atom stereocenters. The molecule has 2 aromatic rings. The number of halogens is 3. The summed E-state index contributed by atoms with van der Waals surface area (Å²) in [5.74, 6) is -0.546. The van der Waals surface area contributed by atoms with Crippen LogP contribution < -0.4 is 5.32 Å². The molecule has 2 rings (SSSR count). The standard InChI is InChI=1S/C15H15F3N2O3S/c1-22-7-6-11-12(13(21)23-2)24-14(20-11)19-10-5-3-4-9(8-10)15(16,17)18/h3-5,8H,6-7H2,1-2H3,(H,19,20). The van der Waals surface area contributed by atoms with E-state index in [0.29, 0.717) is 28.7 Å². The zero-order valence-electron chi connectivity index (χ0n) is 12.9. The van der Waals surface area contributed by atoms with Crippen LogP contribution in [0, 0.1) is 0 Å². The molecule has 0 aliphatic rings. The predicted octanol–water partition coefficient (Wildman–Crippen LogP) is 3.88. The number of nitrogens with one attached hydrogen (secondary N) is 1. The Hall–Kier alpha value is -2.13. The molecule has 0 unspecified atom stereocenters. The van der Waals surface area contributed by atoms with Crippen LogP contribution in [0.15, 0.2) is 24.3 Å². The summed E-state index contributed by atoms with van der Waals surface area (Å²) in [5, 5.41) is 3.10. The number of carbonyl (C=O) groups excluding carboxylic acids is 1. The minimum atomic E-state index is -4.43. The average Bonchev–Trinajstić information content (AvgIpc) is 2.94. The van der Waals surface area contributed by atoms with Crippen LogP contribution in [0.3, 0.4) is 0 Å². The van der Waals surface area contributed by atoms with Gasteiger partial charge in [-0.1, -0.05) is 17.4 Å². The third-order valence-corrected chi connectivity index (χ3v) is 4.05. The van der Waals surface area contributed by atoms with Gasteiger partial charge in [0.25, 0.3) is 0 Å². The van der Waals surface area contributed by atoms with Crippen molar-refractivity contribution in [2.75, 3.05) is 26.1 Å². The normalized spacial score (nSPS) is 11.4. The van der Waals surface area contributed by atoms with E-state index in [1.807, 2.05) is 0 Å². The Morgan fingerprint density at radius 2 is 2.08 bits per heavy atom. The van der Waals surface area contributed by atoms with Crippen molar-refractivity contribution in [2.24, 2.45) is 0 Å². The Balaban J connectivity index is 2.26. The second kappa shape index (κ2) is 7.63. The first kappa shape index (κ1) is 18.2. The Morgan fingerprint density at radius 1 is 1.33 bits per heavy atom. The maximum Gasteiger partial charge on any atom is 0.416 e. The van der Waals surface area contributed by atoms with E-state index < -0.39 is 17.7 Å². The number of esters is 1. The molecule has 0 saturated carbocycles. The summed E-state index contributed by atoms with van der Waals surface area (Å²) in [7, 11) is 2.77. The molecule has 0 spiro atoms. The minimum absolute atomic E-state index is 0.230. The maximum absolute atomic E-state index is 12.8. The summed E-state index contributed by atoms with van der Waals surface area (Å²) < 4.78 is 47.9. The maximum atomic E-state index is 12.8. The van der Waals surface area contributed by atoms with Crippen molar-refractivity contribution in [3.05, 3.63) is 40.4 Å². The van der Waals surface area contributed by atoms with Crippen LogP contribution in [-0.4, -0.2) is 31.8 Å². The van der Waals surface area contributed by atoms with Gasteiger partial charge in [0.2, 0.25) is 0 Å². The number of nitrogens with zero attached hydrogens (tertiary/aromatic N) is 1. The van der Waals surface area contributed by atoms with Gasteiger partial charge in [0.1, 0.15) is 4.88 Å². The highest BCUT2D eigenvalue weighted by atomic mass is 32.1. The molecule has 1 N–H and O–H groups in total. The highest BCUT2D eigenvalue weighted by Crippen LogP contribution is 2.32. The molecule has 1 aromatic carbocycles. The van der Waals surface area contributed by atoms with Gasteiger partial charge in [-0.2, -0.15) is 13.2 Å². The number of hydrogen-bond acceptors (Lipinski definition) is 6. The number of alkyl halides is 3. The van der Waals surface area contributed by atoms with E-state index in [0.717, 1.165) is 23.5 Å². The van der Waals surface area contributed by atoms with E-state index in [9.17, 15) is 18.0 Å². The fraction of sp³-hybridized carbons (Fsp3) is 0.333. The molecule has 0 bridgehead atoms. The van der Waals surface area contributed by atoms with Gasteiger partial charge in [0.05, 0.1) is 25.0 Å². The third-order valence-electron chi connectivity index (χ3n) is 3.05. The van der Waals surface area contributed by atoms with Crippen LogP contribution in [0.4, 0.5) is 24.0 Å². The zero-order valence-corrected chi connectivity index (χ0v) is 13.8. The van der Waals surface area contributed by atoms with E-state index in [1.165, 1.54) is 26.4 Å². The Kier molecular flexibility index (Phi) is 5.79. The zero-order chi connectivity index (χ0) is 17.7. The molecule has 130 valence electrons. The van der Waals surface area contributed by atoms with Gasteiger partial charge in [-0.25, -0.2) is 9.78 Å². The predicted molar refractivity (Wildman–Crippen MR) is 83.8 cm³/mol. The summed E-state index contributed by atoms with van der Waals surface area (Å²) in [4.78, 5) is 16.3. The van der Waals surface area contributed by atoms with Crippen molar-refractivity contribution in [1.82, 2.24) is 4.98 Å². The van der Waals surface area contributed by atoms with Gasteiger partial charge in [-0.3, -0.25) is 0 Å².